The highest BCUT2D eigenvalue weighted by molar-refractivity contribution is 6.09. The Bertz CT molecular complexity index is 1400. The molecular weight excluding hydrogens is 452 g/mol. The number of amides is 1. The van der Waals surface area contributed by atoms with Gasteiger partial charge in [0.05, 0.1) is 17.3 Å². The average Bonchev–Trinajstić information content (AvgIpc) is 2.79. The Balaban J connectivity index is 1.47. The summed E-state index contributed by atoms with van der Waals surface area (Å²) in [6.45, 7) is 11.8. The molecule has 1 N–H and O–H groups in total. The maximum Gasteiger partial charge on any atom is 0.268 e. The number of aromatic nitrogens is 2. The van der Waals surface area contributed by atoms with Crippen LogP contribution in [0.4, 0.5) is 17.3 Å². The summed E-state index contributed by atoms with van der Waals surface area (Å²) >= 11 is 0. The van der Waals surface area contributed by atoms with E-state index in [1.165, 1.54) is 6.20 Å². The van der Waals surface area contributed by atoms with Crippen LogP contribution in [0, 0.1) is 25.2 Å². The number of ether oxygens (including phenoxy) is 1. The number of hydrogen-bond acceptors (Lipinski definition) is 7. The molecule has 5 rings (SSSR count). The molecule has 1 aromatic heterocycles. The molecule has 0 spiro atoms. The minimum Gasteiger partial charge on any atom is -0.453 e. The molecule has 8 nitrogen and oxygen atoms in total. The topological polar surface area (TPSA) is 94.4 Å². The summed E-state index contributed by atoms with van der Waals surface area (Å²) in [5.41, 5.74) is 6.60. The van der Waals surface area contributed by atoms with Gasteiger partial charge in [0.2, 0.25) is 11.8 Å². The molecule has 0 radical (unpaired) electrons. The molecule has 1 atom stereocenters. The summed E-state index contributed by atoms with van der Waals surface area (Å²) in [4.78, 5) is 26.3. The predicted octanol–water partition coefficient (Wildman–Crippen LogP) is 4.82. The Morgan fingerprint density at radius 3 is 2.64 bits per heavy atom. The van der Waals surface area contributed by atoms with Crippen molar-refractivity contribution >= 4 is 23.2 Å². The minimum absolute atomic E-state index is 0.125. The van der Waals surface area contributed by atoms with Crippen molar-refractivity contribution in [1.29, 1.82) is 5.26 Å². The Kier molecular flexibility index (Phi) is 5.68. The number of nitrogens with one attached hydrogen (secondary N) is 1. The van der Waals surface area contributed by atoms with Crippen LogP contribution in [0.15, 0.2) is 36.5 Å². The fourth-order valence-corrected chi connectivity index (χ4v) is 5.66. The molecule has 0 saturated carbocycles. The zero-order valence-corrected chi connectivity index (χ0v) is 21.5. The van der Waals surface area contributed by atoms with Gasteiger partial charge >= 0.3 is 0 Å². The molecule has 1 unspecified atom stereocenters. The molecule has 184 valence electrons. The number of nitriles is 1. The van der Waals surface area contributed by atoms with Crippen molar-refractivity contribution in [2.45, 2.75) is 52.8 Å². The summed E-state index contributed by atoms with van der Waals surface area (Å²) < 4.78 is 6.09. The first-order chi connectivity index (χ1) is 17.1. The molecule has 2 aliphatic rings. The molecule has 36 heavy (non-hydrogen) atoms. The van der Waals surface area contributed by atoms with E-state index in [9.17, 15) is 10.1 Å². The number of carbonyl (C=O) groups excluding carboxylic acids is 1. The van der Waals surface area contributed by atoms with Gasteiger partial charge < -0.3 is 15.0 Å². The van der Waals surface area contributed by atoms with E-state index in [-0.39, 0.29) is 17.2 Å². The van der Waals surface area contributed by atoms with Crippen molar-refractivity contribution in [2.24, 2.45) is 0 Å². The Hall–Kier alpha value is -3.96. The predicted molar refractivity (Wildman–Crippen MR) is 139 cm³/mol. The number of benzene rings is 2. The van der Waals surface area contributed by atoms with Crippen LogP contribution in [0.25, 0.3) is 0 Å². The second-order valence-corrected chi connectivity index (χ2v) is 10.4. The molecular formula is C28H30N6O2. The summed E-state index contributed by atoms with van der Waals surface area (Å²) in [5.74, 6) is 0.354. The van der Waals surface area contributed by atoms with Gasteiger partial charge in [-0.25, -0.2) is 4.98 Å². The number of hydrogen-bond donors (Lipinski definition) is 1. The first kappa shape index (κ1) is 23.8. The highest BCUT2D eigenvalue weighted by Crippen LogP contribution is 2.38. The highest BCUT2D eigenvalue weighted by atomic mass is 16.5. The van der Waals surface area contributed by atoms with Gasteiger partial charge in [-0.3, -0.25) is 9.69 Å². The lowest BCUT2D eigenvalue weighted by Gasteiger charge is -2.39. The highest BCUT2D eigenvalue weighted by Gasteiger charge is 2.36. The van der Waals surface area contributed by atoms with Gasteiger partial charge in [0.1, 0.15) is 5.56 Å². The maximum atomic E-state index is 13.4. The number of anilines is 3. The zero-order valence-electron chi connectivity index (χ0n) is 21.5. The van der Waals surface area contributed by atoms with Crippen LogP contribution in [0.3, 0.4) is 0 Å². The molecule has 3 heterocycles. The number of carbonyl (C=O) groups is 1. The molecule has 2 aromatic carbocycles. The third-order valence-electron chi connectivity index (χ3n) is 6.91. The number of para-hydroxylation sites is 1. The first-order valence-electron chi connectivity index (χ1n) is 12.1. The van der Waals surface area contributed by atoms with Crippen LogP contribution in [0.2, 0.25) is 0 Å². The normalized spacial score (nSPS) is 18.6. The van der Waals surface area contributed by atoms with Crippen molar-refractivity contribution in [3.8, 4) is 11.9 Å². The van der Waals surface area contributed by atoms with E-state index in [1.54, 1.807) is 4.90 Å². The van der Waals surface area contributed by atoms with Crippen molar-refractivity contribution < 1.29 is 9.53 Å². The lowest BCUT2D eigenvalue weighted by Crippen LogP contribution is -2.47. The van der Waals surface area contributed by atoms with Crippen LogP contribution < -0.4 is 15.0 Å². The van der Waals surface area contributed by atoms with Gasteiger partial charge in [-0.15, -0.1) is 0 Å². The molecule has 0 bridgehead atoms. The smallest absolute Gasteiger partial charge is 0.268 e. The molecule has 0 saturated heterocycles. The molecule has 2 aliphatic heterocycles. The number of likely N-dealkylation sites (N-methyl/N-ethyl adjacent to an activating group) is 1. The standard InChI is InChI=1S/C28H30N6O2/c1-16-8-7-9-17(2)24(16)34-18(3)36-25-22(26(34)35)13-30-27(32-25)31-21-10-19(12-29)23-20(11-21)14-33(6)15-28(23,4)5/h7-11,13,18H,14-15H2,1-6H3,(H,30,31,32). The van der Waals surface area contributed by atoms with E-state index in [2.05, 4.69) is 47.1 Å². The number of rotatable bonds is 3. The van der Waals surface area contributed by atoms with Gasteiger partial charge in [0.25, 0.3) is 5.91 Å². The number of aryl methyl sites for hydroxylation is 2. The summed E-state index contributed by atoms with van der Waals surface area (Å²) in [6.07, 6.45) is 0.972. The average molecular weight is 483 g/mol. The van der Waals surface area contributed by atoms with E-state index in [4.69, 9.17) is 4.74 Å². The monoisotopic (exact) mass is 482 g/mol. The summed E-state index contributed by atoms with van der Waals surface area (Å²) in [5, 5.41) is 13.1. The van der Waals surface area contributed by atoms with E-state index < -0.39 is 6.23 Å². The van der Waals surface area contributed by atoms with Crippen molar-refractivity contribution in [3.63, 3.8) is 0 Å². The molecule has 0 fully saturated rings. The van der Waals surface area contributed by atoms with E-state index in [0.29, 0.717) is 17.1 Å². The van der Waals surface area contributed by atoms with E-state index >= 15 is 0 Å². The largest absolute Gasteiger partial charge is 0.453 e. The second kappa shape index (κ2) is 8.61. The van der Waals surface area contributed by atoms with Crippen LogP contribution in [-0.4, -0.2) is 40.6 Å². The van der Waals surface area contributed by atoms with Crippen molar-refractivity contribution in [3.05, 3.63) is 69.9 Å². The third-order valence-corrected chi connectivity index (χ3v) is 6.91. The van der Waals surface area contributed by atoms with E-state index in [0.717, 1.165) is 46.7 Å². The fourth-order valence-electron chi connectivity index (χ4n) is 5.66. The number of fused-ring (bicyclic) bond motifs is 2. The van der Waals surface area contributed by atoms with Gasteiger partial charge in [0.15, 0.2) is 6.23 Å². The zero-order chi connectivity index (χ0) is 25.8. The SMILES string of the molecule is Cc1cccc(C)c1N1C(=O)c2cnc(Nc3cc(C#N)c4c(c3)CN(C)CC4(C)C)nc2OC1C. The second-order valence-electron chi connectivity index (χ2n) is 10.4. The lowest BCUT2D eigenvalue weighted by atomic mass is 9.76. The molecule has 0 aliphatic carbocycles. The minimum atomic E-state index is -0.528. The van der Waals surface area contributed by atoms with Gasteiger partial charge in [-0.05, 0) is 62.2 Å². The van der Waals surface area contributed by atoms with Crippen molar-refractivity contribution in [2.75, 3.05) is 23.8 Å². The summed E-state index contributed by atoms with van der Waals surface area (Å²) in [7, 11) is 2.08. The maximum absolute atomic E-state index is 13.4. The first-order valence-corrected chi connectivity index (χ1v) is 12.1. The molecule has 8 heteroatoms. The quantitative estimate of drug-likeness (QED) is 0.572. The van der Waals surface area contributed by atoms with Gasteiger partial charge in [-0.1, -0.05) is 32.0 Å². The number of nitrogens with zero attached hydrogens (tertiary/aromatic N) is 5. The Morgan fingerprint density at radius 2 is 1.94 bits per heavy atom. The van der Waals surface area contributed by atoms with Crippen LogP contribution in [0.5, 0.6) is 5.88 Å². The molecule has 1 amide bonds. The van der Waals surface area contributed by atoms with Gasteiger partial charge in [-0.2, -0.15) is 10.2 Å². The van der Waals surface area contributed by atoms with Crippen LogP contribution >= 0.6 is 0 Å². The lowest BCUT2D eigenvalue weighted by molar-refractivity contribution is 0.0867. The van der Waals surface area contributed by atoms with Crippen LogP contribution in [-0.2, 0) is 12.0 Å². The fraction of sp³-hybridized carbons (Fsp3) is 0.357. The Labute approximate surface area is 211 Å². The third kappa shape index (κ3) is 3.95. The van der Waals surface area contributed by atoms with Crippen LogP contribution in [0.1, 0.15) is 58.9 Å². The van der Waals surface area contributed by atoms with Crippen molar-refractivity contribution in [1.82, 2.24) is 14.9 Å². The van der Waals surface area contributed by atoms with E-state index in [1.807, 2.05) is 51.1 Å². The Morgan fingerprint density at radius 1 is 1.22 bits per heavy atom. The van der Waals surface area contributed by atoms with Gasteiger partial charge in [0, 0.05) is 30.4 Å². The summed E-state index contributed by atoms with van der Waals surface area (Å²) in [6, 6.07) is 12.2. The molecule has 3 aromatic rings.